The summed E-state index contributed by atoms with van der Waals surface area (Å²) >= 11 is 0. The molecule has 0 unspecified atom stereocenters. The van der Waals surface area contributed by atoms with Crippen LogP contribution in [0.1, 0.15) is 16.1 Å². The second-order valence-corrected chi connectivity index (χ2v) is 6.32. The zero-order valence-corrected chi connectivity index (χ0v) is 14.0. The van der Waals surface area contributed by atoms with Crippen molar-refractivity contribution >= 4 is 17.2 Å². The number of hydrogen-bond donors (Lipinski definition) is 0. The largest absolute Gasteiger partial charge is 0.368 e. The van der Waals surface area contributed by atoms with Gasteiger partial charge in [-0.2, -0.15) is 0 Å². The van der Waals surface area contributed by atoms with Crippen LogP contribution in [0.3, 0.4) is 0 Å². The summed E-state index contributed by atoms with van der Waals surface area (Å²) in [5, 5.41) is 0. The van der Waals surface area contributed by atoms with Crippen molar-refractivity contribution in [3.63, 3.8) is 0 Å². The van der Waals surface area contributed by atoms with Gasteiger partial charge in [-0.25, -0.2) is 9.37 Å². The first-order valence-electron chi connectivity index (χ1n) is 8.35. The highest BCUT2D eigenvalue weighted by atomic mass is 19.1. The van der Waals surface area contributed by atoms with Crippen LogP contribution in [-0.2, 0) is 0 Å². The maximum Gasteiger partial charge on any atom is 0.254 e. The van der Waals surface area contributed by atoms with E-state index in [0.717, 1.165) is 30.1 Å². The number of benzene rings is 1. The highest BCUT2D eigenvalue weighted by molar-refractivity contribution is 5.95. The molecule has 0 saturated carbocycles. The SMILES string of the molecule is Cc1cn2ccc(C(=O)N3CCN(c4ccc(F)cc4)CC3)cc2n1. The van der Waals surface area contributed by atoms with E-state index in [2.05, 4.69) is 9.88 Å². The number of carbonyl (C=O) groups excluding carboxylic acids is 1. The highest BCUT2D eigenvalue weighted by Gasteiger charge is 2.22. The van der Waals surface area contributed by atoms with Crippen LogP contribution < -0.4 is 4.90 Å². The number of rotatable bonds is 2. The standard InChI is InChI=1S/C19H19FN4O/c1-14-13-24-7-6-15(12-18(24)21-14)19(25)23-10-8-22(9-11-23)17-4-2-16(20)3-5-17/h2-7,12-13H,8-11H2,1H3. The molecule has 128 valence electrons. The van der Waals surface area contributed by atoms with Crippen LogP contribution in [0.4, 0.5) is 10.1 Å². The van der Waals surface area contributed by atoms with E-state index in [9.17, 15) is 9.18 Å². The minimum Gasteiger partial charge on any atom is -0.368 e. The zero-order chi connectivity index (χ0) is 17.4. The molecular formula is C19H19FN4O. The Hall–Kier alpha value is -2.89. The number of piperazine rings is 1. The average molecular weight is 338 g/mol. The molecule has 1 aliphatic rings. The molecule has 3 aromatic rings. The molecule has 1 aromatic carbocycles. The van der Waals surface area contributed by atoms with Crippen LogP contribution in [-0.4, -0.2) is 46.4 Å². The fourth-order valence-corrected chi connectivity index (χ4v) is 3.24. The molecule has 1 fully saturated rings. The molecule has 0 bridgehead atoms. The van der Waals surface area contributed by atoms with Gasteiger partial charge < -0.3 is 14.2 Å². The molecule has 0 aliphatic carbocycles. The zero-order valence-electron chi connectivity index (χ0n) is 14.0. The van der Waals surface area contributed by atoms with Gasteiger partial charge in [0.2, 0.25) is 0 Å². The molecule has 0 spiro atoms. The maximum atomic E-state index is 13.0. The van der Waals surface area contributed by atoms with Crippen molar-refractivity contribution in [2.75, 3.05) is 31.1 Å². The van der Waals surface area contributed by atoms with Gasteiger partial charge >= 0.3 is 0 Å². The Bertz CT molecular complexity index is 911. The van der Waals surface area contributed by atoms with Gasteiger partial charge in [-0.05, 0) is 43.3 Å². The summed E-state index contributed by atoms with van der Waals surface area (Å²) in [4.78, 5) is 21.2. The Morgan fingerprint density at radius 2 is 1.80 bits per heavy atom. The van der Waals surface area contributed by atoms with E-state index in [4.69, 9.17) is 0 Å². The summed E-state index contributed by atoms with van der Waals surface area (Å²) in [7, 11) is 0. The molecule has 3 heterocycles. The van der Waals surface area contributed by atoms with Gasteiger partial charge in [0.05, 0.1) is 5.69 Å². The predicted molar refractivity (Wildman–Crippen MR) is 94.4 cm³/mol. The number of halogens is 1. The van der Waals surface area contributed by atoms with Crippen molar-refractivity contribution < 1.29 is 9.18 Å². The second kappa shape index (κ2) is 6.20. The lowest BCUT2D eigenvalue weighted by atomic mass is 10.2. The van der Waals surface area contributed by atoms with Crippen molar-refractivity contribution in [1.29, 1.82) is 0 Å². The molecule has 6 heteroatoms. The number of nitrogens with zero attached hydrogens (tertiary/aromatic N) is 4. The van der Waals surface area contributed by atoms with Gasteiger partial charge in [0.1, 0.15) is 11.5 Å². The van der Waals surface area contributed by atoms with Crippen LogP contribution in [0.25, 0.3) is 5.65 Å². The van der Waals surface area contributed by atoms with E-state index >= 15 is 0 Å². The smallest absolute Gasteiger partial charge is 0.254 e. The van der Waals surface area contributed by atoms with E-state index in [1.165, 1.54) is 12.1 Å². The van der Waals surface area contributed by atoms with Crippen LogP contribution in [0.5, 0.6) is 0 Å². The van der Waals surface area contributed by atoms with Crippen molar-refractivity contribution in [1.82, 2.24) is 14.3 Å². The van der Waals surface area contributed by atoms with Crippen LogP contribution in [0, 0.1) is 12.7 Å². The Kier molecular flexibility index (Phi) is 3.87. The Morgan fingerprint density at radius 1 is 1.08 bits per heavy atom. The van der Waals surface area contributed by atoms with Gasteiger partial charge in [0, 0.05) is 49.8 Å². The number of aryl methyl sites for hydroxylation is 1. The molecule has 2 aromatic heterocycles. The molecule has 1 aliphatic heterocycles. The second-order valence-electron chi connectivity index (χ2n) is 6.32. The van der Waals surface area contributed by atoms with E-state index in [1.807, 2.05) is 40.8 Å². The lowest BCUT2D eigenvalue weighted by Gasteiger charge is -2.36. The quantitative estimate of drug-likeness (QED) is 0.721. The van der Waals surface area contributed by atoms with Gasteiger partial charge in [0.15, 0.2) is 0 Å². The number of amides is 1. The normalized spacial score (nSPS) is 15.0. The summed E-state index contributed by atoms with van der Waals surface area (Å²) in [6.45, 7) is 4.71. The van der Waals surface area contributed by atoms with Crippen LogP contribution in [0.2, 0.25) is 0 Å². The average Bonchev–Trinajstić information content (AvgIpc) is 3.01. The Balaban J connectivity index is 1.45. The first-order chi connectivity index (χ1) is 12.1. The van der Waals surface area contributed by atoms with Crippen molar-refractivity contribution in [2.45, 2.75) is 6.92 Å². The lowest BCUT2D eigenvalue weighted by molar-refractivity contribution is 0.0747. The summed E-state index contributed by atoms with van der Waals surface area (Å²) in [5.74, 6) is -0.205. The number of anilines is 1. The van der Waals surface area contributed by atoms with Crippen LogP contribution in [0.15, 0.2) is 48.8 Å². The summed E-state index contributed by atoms with van der Waals surface area (Å²) in [6.07, 6.45) is 3.81. The van der Waals surface area contributed by atoms with Gasteiger partial charge in [-0.3, -0.25) is 4.79 Å². The van der Waals surface area contributed by atoms with E-state index in [1.54, 1.807) is 12.1 Å². The minimum absolute atomic E-state index is 0.0295. The highest BCUT2D eigenvalue weighted by Crippen LogP contribution is 2.18. The van der Waals surface area contributed by atoms with Crippen molar-refractivity contribution in [2.24, 2.45) is 0 Å². The maximum absolute atomic E-state index is 13.0. The van der Waals surface area contributed by atoms with Crippen molar-refractivity contribution in [3.05, 3.63) is 65.9 Å². The molecule has 5 nitrogen and oxygen atoms in total. The van der Waals surface area contributed by atoms with Gasteiger partial charge in [-0.15, -0.1) is 0 Å². The third kappa shape index (κ3) is 3.07. The first kappa shape index (κ1) is 15.6. The third-order valence-corrected chi connectivity index (χ3v) is 4.59. The summed E-state index contributed by atoms with van der Waals surface area (Å²) in [6, 6.07) is 10.2. The monoisotopic (exact) mass is 338 g/mol. The molecule has 0 atom stereocenters. The fourth-order valence-electron chi connectivity index (χ4n) is 3.24. The first-order valence-corrected chi connectivity index (χ1v) is 8.35. The topological polar surface area (TPSA) is 40.9 Å². The van der Waals surface area contributed by atoms with E-state index in [0.29, 0.717) is 18.7 Å². The number of aromatic nitrogens is 2. The van der Waals surface area contributed by atoms with Crippen LogP contribution >= 0.6 is 0 Å². The summed E-state index contributed by atoms with van der Waals surface area (Å²) in [5.41, 5.74) is 3.36. The van der Waals surface area contributed by atoms with E-state index in [-0.39, 0.29) is 11.7 Å². The fraction of sp³-hybridized carbons (Fsp3) is 0.263. The van der Waals surface area contributed by atoms with Gasteiger partial charge in [-0.1, -0.05) is 0 Å². The Morgan fingerprint density at radius 3 is 2.52 bits per heavy atom. The molecule has 4 rings (SSSR count). The Labute approximate surface area is 145 Å². The molecule has 0 radical (unpaired) electrons. The lowest BCUT2D eigenvalue weighted by Crippen LogP contribution is -2.48. The molecule has 0 N–H and O–H groups in total. The predicted octanol–water partition coefficient (Wildman–Crippen LogP) is 2.74. The number of carbonyl (C=O) groups is 1. The van der Waals surface area contributed by atoms with Crippen molar-refractivity contribution in [3.8, 4) is 0 Å². The minimum atomic E-state index is -0.234. The summed E-state index contributed by atoms with van der Waals surface area (Å²) < 4.78 is 15.0. The molecule has 1 amide bonds. The molecule has 1 saturated heterocycles. The number of imidazole rings is 1. The van der Waals surface area contributed by atoms with E-state index < -0.39 is 0 Å². The molecule has 25 heavy (non-hydrogen) atoms. The molecular weight excluding hydrogens is 319 g/mol. The number of hydrogen-bond acceptors (Lipinski definition) is 3. The number of fused-ring (bicyclic) bond motifs is 1. The third-order valence-electron chi connectivity index (χ3n) is 4.59. The van der Waals surface area contributed by atoms with Gasteiger partial charge in [0.25, 0.3) is 5.91 Å². The number of pyridine rings is 1.